The molecule has 0 amide bonds. The zero-order valence-corrected chi connectivity index (χ0v) is 53.5. The van der Waals surface area contributed by atoms with Crippen LogP contribution in [0.15, 0.2) is 183 Å². The van der Waals surface area contributed by atoms with Crippen molar-refractivity contribution >= 4 is 79.8 Å². The first kappa shape index (κ1) is 72.9. The summed E-state index contributed by atoms with van der Waals surface area (Å²) >= 11 is 5.20. The molecule has 0 saturated carbocycles. The Kier molecular flexibility index (Phi) is 23.6. The summed E-state index contributed by atoms with van der Waals surface area (Å²) in [4.78, 5) is 31.6. The van der Waals surface area contributed by atoms with Crippen molar-refractivity contribution < 1.29 is 59.0 Å². The fourth-order valence-corrected chi connectivity index (χ4v) is 8.95. The third kappa shape index (κ3) is 19.6. The van der Waals surface area contributed by atoms with E-state index >= 15 is 0 Å². The van der Waals surface area contributed by atoms with E-state index in [-0.39, 0.29) is 45.2 Å². The highest BCUT2D eigenvalue weighted by Crippen LogP contribution is 2.37. The third-order valence-electron chi connectivity index (χ3n) is 13.6. The number of thiocarbonyl (C=S) groups is 1. The molecule has 0 radical (unpaired) electrons. The summed E-state index contributed by atoms with van der Waals surface area (Å²) in [6.45, 7) is 0. The molecule has 0 aliphatic carbocycles. The van der Waals surface area contributed by atoms with E-state index in [2.05, 4.69) is 46.2 Å². The molecule has 0 bridgehead atoms. The van der Waals surface area contributed by atoms with E-state index in [0.717, 1.165) is 11.8 Å². The van der Waals surface area contributed by atoms with Crippen LogP contribution in [-0.2, 0) is 19.4 Å². The molecule has 5 aromatic heterocycles. The number of halogens is 8. The molecule has 33 heteroatoms. The van der Waals surface area contributed by atoms with Gasteiger partial charge in [-0.25, -0.2) is 33.7 Å². The number of alkyl halides is 6. The molecule has 5 heterocycles. The van der Waals surface area contributed by atoms with Crippen LogP contribution in [0.25, 0.3) is 11.0 Å². The Morgan fingerprint density at radius 1 is 0.535 bits per heavy atom. The SMILES string of the molecule is CN(C(=S)Nc1cc(C(F)(F)F)ccc1F)c1ccc(Oc2ccnc(C#N)c2)cc1N.CNc1ccc(Oc2ccnc(C#N)c2)cc1N.CNc1ccc(Oc2ccnc(C#N)c2)cc1[N+](=O)[O-].Cn1c(Nc2cc(C(F)(F)F)ccc2F)nc2cc(Oc3ccnc(C#N)c3)ccc21. The molecule has 0 unspecified atom stereocenters. The number of pyridine rings is 4. The van der Waals surface area contributed by atoms with Gasteiger partial charge in [-0.3, -0.25) is 10.1 Å². The Balaban J connectivity index is 0.000000176. The van der Waals surface area contributed by atoms with Gasteiger partial charge < -0.3 is 61.1 Å². The minimum atomic E-state index is -4.62. The van der Waals surface area contributed by atoms with E-state index in [1.165, 1.54) is 67.1 Å². The number of nitrogens with one attached hydrogen (secondary N) is 4. The summed E-state index contributed by atoms with van der Waals surface area (Å²) in [6, 6.07) is 43.7. The summed E-state index contributed by atoms with van der Waals surface area (Å²) in [5.74, 6) is 1.89. The van der Waals surface area contributed by atoms with Crippen LogP contribution in [0.1, 0.15) is 33.9 Å². The second-order valence-electron chi connectivity index (χ2n) is 20.4. The zero-order chi connectivity index (χ0) is 73.1. The zero-order valence-electron chi connectivity index (χ0n) is 52.7. The van der Waals surface area contributed by atoms with Crippen LogP contribution in [0.2, 0.25) is 0 Å². The van der Waals surface area contributed by atoms with Crippen molar-refractivity contribution in [2.75, 3.05) is 58.8 Å². The van der Waals surface area contributed by atoms with Crippen molar-refractivity contribution in [2.45, 2.75) is 12.4 Å². The maximum Gasteiger partial charge on any atom is 0.416 e. The molecular formula is C68H50F8N18O6S. The lowest BCUT2D eigenvalue weighted by molar-refractivity contribution is -0.384. The Labute approximate surface area is 573 Å². The fraction of sp³-hybridized carbons (Fsp3) is 0.0882. The summed E-state index contributed by atoms with van der Waals surface area (Å²) < 4.78 is 130. The number of nitro benzene ring substituents is 1. The number of nitro groups is 1. The predicted molar refractivity (Wildman–Crippen MR) is 361 cm³/mol. The van der Waals surface area contributed by atoms with Gasteiger partial charge in [0.1, 0.15) is 110 Å². The van der Waals surface area contributed by atoms with Gasteiger partial charge >= 0.3 is 12.4 Å². The molecule has 0 atom stereocenters. The van der Waals surface area contributed by atoms with Gasteiger partial charge in [-0.15, -0.1) is 0 Å². The maximum absolute atomic E-state index is 14.1. The first-order valence-electron chi connectivity index (χ1n) is 28.8. The Hall–Kier alpha value is -13.9. The number of fused-ring (bicyclic) bond motifs is 1. The van der Waals surface area contributed by atoms with Crippen LogP contribution in [-0.4, -0.2) is 60.7 Å². The molecule has 8 N–H and O–H groups in total. The number of aryl methyl sites for hydroxylation is 1. The fourth-order valence-electron chi connectivity index (χ4n) is 8.74. The van der Waals surface area contributed by atoms with E-state index in [0.29, 0.717) is 110 Å². The van der Waals surface area contributed by atoms with Gasteiger partial charge in [0.05, 0.1) is 67.3 Å². The lowest BCUT2D eigenvalue weighted by atomic mass is 10.2. The number of nitriles is 4. The number of aromatic nitrogens is 6. The van der Waals surface area contributed by atoms with Crippen molar-refractivity contribution in [1.29, 1.82) is 21.0 Å². The van der Waals surface area contributed by atoms with E-state index in [4.69, 9.17) is 63.7 Å². The van der Waals surface area contributed by atoms with Gasteiger partial charge in [0.25, 0.3) is 5.69 Å². The van der Waals surface area contributed by atoms with Crippen LogP contribution in [0.3, 0.4) is 0 Å². The molecule has 11 rings (SSSR count). The van der Waals surface area contributed by atoms with Gasteiger partial charge in [-0.2, -0.15) is 47.4 Å². The standard InChI is InChI=1S/C21H15F4N5OS.C21H13F4N5O.C13H10N4O3.C13H12N4O/c1-30(20(32)29-18-8-12(21(23,24)25)2-4-16(18)22)19-5-3-14(10-17(19)27)31-15-6-7-28-13(9-15)11-26;1-30-19-5-3-14(31-15-6-7-27-13(9-15)11-26)10-18(19)29-20(30)28-17-8-12(21(23,24)25)2-4-16(17)22;1-15-12-3-2-10(7-13(12)17(18)19)20-11-4-5-16-9(6-11)8-14;1-16-13-3-2-10(7-12(13)15)18-11-4-5-17-9(6-11)8-14/h2-10H,27H2,1H3,(H,29,32);2-10H,1H3,(H,28,29);2-7,15H,1H3;2-7,16H,15H2,1H3. The normalized spacial score (nSPS) is 10.5. The molecule has 0 aliphatic rings. The largest absolute Gasteiger partial charge is 0.457 e. The van der Waals surface area contributed by atoms with Crippen LogP contribution in [0.5, 0.6) is 46.0 Å². The average Bonchev–Trinajstić information content (AvgIpc) is 1.67. The molecule has 24 nitrogen and oxygen atoms in total. The maximum atomic E-state index is 14.1. The number of hydrogen-bond donors (Lipinski definition) is 6. The van der Waals surface area contributed by atoms with Gasteiger partial charge in [-0.1, -0.05) is 0 Å². The number of ether oxygens (including phenoxy) is 4. The molecule has 510 valence electrons. The van der Waals surface area contributed by atoms with Crippen molar-refractivity contribution in [3.05, 3.63) is 238 Å². The lowest BCUT2D eigenvalue weighted by Gasteiger charge is -2.23. The highest BCUT2D eigenvalue weighted by molar-refractivity contribution is 7.80. The topological polar surface area (TPSA) is 348 Å². The molecule has 0 aliphatic heterocycles. The van der Waals surface area contributed by atoms with Gasteiger partial charge in [0.2, 0.25) is 5.95 Å². The monoisotopic (exact) mass is 1400 g/mol. The van der Waals surface area contributed by atoms with Crippen molar-refractivity contribution in [3.8, 4) is 70.3 Å². The molecule has 11 aromatic rings. The number of benzene rings is 6. The highest BCUT2D eigenvalue weighted by Gasteiger charge is 2.33. The molecule has 6 aromatic carbocycles. The summed E-state index contributed by atoms with van der Waals surface area (Å²) in [5.41, 5.74) is 13.6. The number of rotatable bonds is 15. The molecule has 101 heavy (non-hydrogen) atoms. The first-order valence-corrected chi connectivity index (χ1v) is 29.2. The molecule has 0 fully saturated rings. The Morgan fingerprint density at radius 3 is 1.36 bits per heavy atom. The second-order valence-corrected chi connectivity index (χ2v) is 20.8. The summed E-state index contributed by atoms with van der Waals surface area (Å²) in [6.07, 6.45) is -3.39. The lowest BCUT2D eigenvalue weighted by Crippen LogP contribution is -2.31. The number of hydrogen-bond acceptors (Lipinski definition) is 21. The predicted octanol–water partition coefficient (Wildman–Crippen LogP) is 15.9. The summed E-state index contributed by atoms with van der Waals surface area (Å²) in [5, 5.41) is 57.0. The first-order chi connectivity index (χ1) is 48.2. The quantitative estimate of drug-likeness (QED) is 0.0182. The minimum absolute atomic E-state index is 0.0728. The van der Waals surface area contributed by atoms with Crippen LogP contribution in [0, 0.1) is 67.1 Å². The third-order valence-corrected chi connectivity index (χ3v) is 14.0. The average molecular weight is 1400 g/mol. The molecular weight excluding hydrogens is 1350 g/mol. The van der Waals surface area contributed by atoms with Gasteiger partial charge in [0, 0.05) is 95.4 Å². The smallest absolute Gasteiger partial charge is 0.416 e. The molecule has 0 saturated heterocycles. The van der Waals surface area contributed by atoms with Crippen LogP contribution >= 0.6 is 12.2 Å². The van der Waals surface area contributed by atoms with E-state index in [1.807, 2.05) is 30.3 Å². The summed E-state index contributed by atoms with van der Waals surface area (Å²) in [7, 11) is 6.57. The Bertz CT molecular complexity index is 5060. The van der Waals surface area contributed by atoms with Crippen molar-refractivity contribution in [2.24, 2.45) is 7.05 Å². The van der Waals surface area contributed by atoms with E-state index in [9.17, 15) is 45.2 Å². The van der Waals surface area contributed by atoms with E-state index in [1.54, 1.807) is 111 Å². The van der Waals surface area contributed by atoms with Crippen molar-refractivity contribution in [3.63, 3.8) is 0 Å². The number of nitrogen functional groups attached to an aromatic ring is 2. The second kappa shape index (κ2) is 32.7. The van der Waals surface area contributed by atoms with Gasteiger partial charge in [-0.05, 0) is 121 Å². The number of imidazole rings is 1. The Morgan fingerprint density at radius 2 is 0.931 bits per heavy atom. The van der Waals surface area contributed by atoms with E-state index < -0.39 is 45.7 Å². The highest BCUT2D eigenvalue weighted by atomic mass is 32.1. The van der Waals surface area contributed by atoms with Crippen molar-refractivity contribution in [1.82, 2.24) is 29.5 Å². The number of nitrogens with two attached hydrogens (primary N) is 2. The number of nitrogens with zero attached hydrogens (tertiary/aromatic N) is 12. The van der Waals surface area contributed by atoms with Crippen LogP contribution in [0.4, 0.5) is 86.6 Å². The minimum Gasteiger partial charge on any atom is -0.457 e. The van der Waals surface area contributed by atoms with Crippen LogP contribution < -0.4 is 56.6 Å². The number of anilines is 8. The molecule has 0 spiro atoms. The van der Waals surface area contributed by atoms with Gasteiger partial charge in [0.15, 0.2) is 5.11 Å².